The number of methoxy groups -OCH3 is 1. The highest BCUT2D eigenvalue weighted by atomic mass is 16.5. The SMILES string of the molecule is CCCCOCCN1C(=O)CNC1c1ccccc1OC. The molecular formula is C16H24N2O3. The van der Waals surface area contributed by atoms with Crippen molar-refractivity contribution in [3.8, 4) is 5.75 Å². The van der Waals surface area contributed by atoms with Gasteiger partial charge in [0.2, 0.25) is 5.91 Å². The van der Waals surface area contributed by atoms with Crippen molar-refractivity contribution in [2.24, 2.45) is 0 Å². The molecule has 0 saturated carbocycles. The van der Waals surface area contributed by atoms with Gasteiger partial charge in [0.15, 0.2) is 0 Å². The number of benzene rings is 1. The molecule has 1 fully saturated rings. The van der Waals surface area contributed by atoms with E-state index >= 15 is 0 Å². The van der Waals surface area contributed by atoms with Crippen LogP contribution in [-0.4, -0.2) is 44.2 Å². The molecule has 1 saturated heterocycles. The molecule has 1 unspecified atom stereocenters. The Hall–Kier alpha value is -1.59. The van der Waals surface area contributed by atoms with Crippen molar-refractivity contribution in [1.29, 1.82) is 0 Å². The van der Waals surface area contributed by atoms with Crippen LogP contribution >= 0.6 is 0 Å². The topological polar surface area (TPSA) is 50.8 Å². The third-order valence-corrected chi connectivity index (χ3v) is 3.63. The van der Waals surface area contributed by atoms with Crippen LogP contribution in [0, 0.1) is 0 Å². The first kappa shape index (κ1) is 15.8. The van der Waals surface area contributed by atoms with E-state index in [1.165, 1.54) is 0 Å². The van der Waals surface area contributed by atoms with E-state index in [1.807, 2.05) is 29.2 Å². The van der Waals surface area contributed by atoms with Crippen molar-refractivity contribution in [2.75, 3.05) is 33.4 Å². The van der Waals surface area contributed by atoms with Crippen LogP contribution in [0.1, 0.15) is 31.5 Å². The molecule has 0 spiro atoms. The molecule has 1 heterocycles. The summed E-state index contributed by atoms with van der Waals surface area (Å²) in [5.74, 6) is 0.895. The minimum absolute atomic E-state index is 0.102. The predicted molar refractivity (Wildman–Crippen MR) is 81.2 cm³/mol. The normalized spacial score (nSPS) is 18.3. The molecule has 0 aromatic heterocycles. The lowest BCUT2D eigenvalue weighted by Crippen LogP contribution is -2.33. The third kappa shape index (κ3) is 3.95. The first-order valence-electron chi connectivity index (χ1n) is 7.51. The predicted octanol–water partition coefficient (Wildman–Crippen LogP) is 1.94. The number of nitrogens with one attached hydrogen (secondary N) is 1. The van der Waals surface area contributed by atoms with Crippen molar-refractivity contribution in [3.05, 3.63) is 29.8 Å². The van der Waals surface area contributed by atoms with Gasteiger partial charge in [0, 0.05) is 18.7 Å². The average Bonchev–Trinajstić information content (AvgIpc) is 2.88. The van der Waals surface area contributed by atoms with Crippen molar-refractivity contribution < 1.29 is 14.3 Å². The fourth-order valence-corrected chi connectivity index (χ4v) is 2.48. The lowest BCUT2D eigenvalue weighted by atomic mass is 10.1. The van der Waals surface area contributed by atoms with E-state index in [1.54, 1.807) is 7.11 Å². The van der Waals surface area contributed by atoms with Gasteiger partial charge in [-0.3, -0.25) is 10.1 Å². The fraction of sp³-hybridized carbons (Fsp3) is 0.562. The number of amides is 1. The second-order valence-corrected chi connectivity index (χ2v) is 5.08. The summed E-state index contributed by atoms with van der Waals surface area (Å²) in [7, 11) is 1.65. The Bertz CT molecular complexity index is 465. The zero-order valence-corrected chi connectivity index (χ0v) is 12.8. The number of nitrogens with zero attached hydrogens (tertiary/aromatic N) is 1. The second-order valence-electron chi connectivity index (χ2n) is 5.08. The molecule has 0 aliphatic carbocycles. The number of ether oxygens (including phenoxy) is 2. The van der Waals surface area contributed by atoms with Gasteiger partial charge in [0.25, 0.3) is 0 Å². The Kier molecular flexibility index (Phi) is 6.02. The van der Waals surface area contributed by atoms with Crippen LogP contribution in [-0.2, 0) is 9.53 Å². The van der Waals surface area contributed by atoms with E-state index in [-0.39, 0.29) is 12.1 Å². The summed E-state index contributed by atoms with van der Waals surface area (Å²) in [4.78, 5) is 13.9. The standard InChI is InChI=1S/C16H24N2O3/c1-3-4-10-21-11-9-18-15(19)12-17-16(18)13-7-5-6-8-14(13)20-2/h5-8,16-17H,3-4,9-12H2,1-2H3. The molecule has 2 rings (SSSR count). The first-order valence-corrected chi connectivity index (χ1v) is 7.51. The summed E-state index contributed by atoms with van der Waals surface area (Å²) in [6, 6.07) is 7.78. The van der Waals surface area contributed by atoms with Gasteiger partial charge in [-0.15, -0.1) is 0 Å². The first-order chi connectivity index (χ1) is 10.3. The molecule has 0 radical (unpaired) electrons. The summed E-state index contributed by atoms with van der Waals surface area (Å²) >= 11 is 0. The molecule has 1 aliphatic rings. The summed E-state index contributed by atoms with van der Waals surface area (Å²) in [5, 5.41) is 3.24. The van der Waals surface area contributed by atoms with Gasteiger partial charge >= 0.3 is 0 Å². The van der Waals surface area contributed by atoms with Crippen LogP contribution in [0.2, 0.25) is 0 Å². The van der Waals surface area contributed by atoms with Gasteiger partial charge in [0.1, 0.15) is 11.9 Å². The second kappa shape index (κ2) is 8.00. The van der Waals surface area contributed by atoms with Crippen LogP contribution < -0.4 is 10.1 Å². The quantitative estimate of drug-likeness (QED) is 0.744. The van der Waals surface area contributed by atoms with E-state index < -0.39 is 0 Å². The largest absolute Gasteiger partial charge is 0.496 e. The molecule has 1 amide bonds. The van der Waals surface area contributed by atoms with Crippen molar-refractivity contribution in [2.45, 2.75) is 25.9 Å². The summed E-state index contributed by atoms with van der Waals surface area (Å²) in [5.41, 5.74) is 0.986. The number of carbonyl (C=O) groups excluding carboxylic acids is 1. The molecule has 1 atom stereocenters. The van der Waals surface area contributed by atoms with E-state index in [4.69, 9.17) is 9.47 Å². The number of para-hydroxylation sites is 1. The van der Waals surface area contributed by atoms with E-state index in [0.29, 0.717) is 19.7 Å². The van der Waals surface area contributed by atoms with Crippen LogP contribution in [0.3, 0.4) is 0 Å². The number of hydrogen-bond donors (Lipinski definition) is 1. The monoisotopic (exact) mass is 292 g/mol. The van der Waals surface area contributed by atoms with Crippen LogP contribution in [0.4, 0.5) is 0 Å². The molecule has 1 aromatic rings. The Morgan fingerprint density at radius 3 is 2.90 bits per heavy atom. The highest BCUT2D eigenvalue weighted by Gasteiger charge is 2.32. The van der Waals surface area contributed by atoms with Crippen LogP contribution in [0.15, 0.2) is 24.3 Å². The number of rotatable bonds is 8. The number of hydrogen-bond acceptors (Lipinski definition) is 4. The minimum Gasteiger partial charge on any atom is -0.496 e. The van der Waals surface area contributed by atoms with Crippen molar-refractivity contribution >= 4 is 5.91 Å². The molecular weight excluding hydrogens is 268 g/mol. The number of carbonyl (C=O) groups is 1. The van der Waals surface area contributed by atoms with Gasteiger partial charge in [-0.1, -0.05) is 31.5 Å². The number of unbranched alkanes of at least 4 members (excludes halogenated alkanes) is 1. The maximum absolute atomic E-state index is 12.0. The Labute approximate surface area is 126 Å². The smallest absolute Gasteiger partial charge is 0.238 e. The summed E-state index contributed by atoms with van der Waals surface area (Å²) in [6.07, 6.45) is 2.04. The minimum atomic E-state index is -0.136. The molecule has 5 heteroatoms. The van der Waals surface area contributed by atoms with Gasteiger partial charge < -0.3 is 14.4 Å². The van der Waals surface area contributed by atoms with E-state index in [0.717, 1.165) is 30.8 Å². The molecule has 116 valence electrons. The summed E-state index contributed by atoms with van der Waals surface area (Å²) < 4.78 is 11.0. The highest BCUT2D eigenvalue weighted by molar-refractivity contribution is 5.81. The van der Waals surface area contributed by atoms with Crippen molar-refractivity contribution in [3.63, 3.8) is 0 Å². The Morgan fingerprint density at radius 1 is 1.33 bits per heavy atom. The molecule has 21 heavy (non-hydrogen) atoms. The van der Waals surface area contributed by atoms with Gasteiger partial charge in [-0.25, -0.2) is 0 Å². The third-order valence-electron chi connectivity index (χ3n) is 3.63. The molecule has 5 nitrogen and oxygen atoms in total. The summed E-state index contributed by atoms with van der Waals surface area (Å²) in [6.45, 7) is 4.41. The molecule has 0 bridgehead atoms. The lowest BCUT2D eigenvalue weighted by molar-refractivity contribution is -0.128. The van der Waals surface area contributed by atoms with Crippen molar-refractivity contribution in [1.82, 2.24) is 10.2 Å². The fourth-order valence-electron chi connectivity index (χ4n) is 2.48. The Balaban J connectivity index is 1.99. The molecule has 1 aromatic carbocycles. The zero-order valence-electron chi connectivity index (χ0n) is 12.8. The highest BCUT2D eigenvalue weighted by Crippen LogP contribution is 2.29. The molecule has 1 aliphatic heterocycles. The maximum Gasteiger partial charge on any atom is 0.238 e. The van der Waals surface area contributed by atoms with Crippen LogP contribution in [0.5, 0.6) is 5.75 Å². The lowest BCUT2D eigenvalue weighted by Gasteiger charge is -2.25. The zero-order chi connectivity index (χ0) is 15.1. The average molecular weight is 292 g/mol. The van der Waals surface area contributed by atoms with E-state index in [2.05, 4.69) is 12.2 Å². The van der Waals surface area contributed by atoms with Gasteiger partial charge in [-0.2, -0.15) is 0 Å². The van der Waals surface area contributed by atoms with Crippen LogP contribution in [0.25, 0.3) is 0 Å². The Morgan fingerprint density at radius 2 is 2.14 bits per heavy atom. The van der Waals surface area contributed by atoms with Gasteiger partial charge in [0.05, 0.1) is 20.3 Å². The van der Waals surface area contributed by atoms with Gasteiger partial charge in [-0.05, 0) is 12.5 Å². The maximum atomic E-state index is 12.0. The molecule has 1 N–H and O–H groups in total. The van der Waals surface area contributed by atoms with E-state index in [9.17, 15) is 4.79 Å².